The Morgan fingerprint density at radius 1 is 1.45 bits per heavy atom. The first-order valence-corrected chi connectivity index (χ1v) is 7.97. The van der Waals surface area contributed by atoms with Gasteiger partial charge in [0, 0.05) is 18.7 Å². The first-order valence-electron chi connectivity index (χ1n) is 6.49. The molecule has 7 nitrogen and oxygen atoms in total. The Balaban J connectivity index is 0.00000242. The zero-order chi connectivity index (χ0) is 15.6. The summed E-state index contributed by atoms with van der Waals surface area (Å²) >= 11 is 0. The van der Waals surface area contributed by atoms with Crippen molar-refractivity contribution in [3.05, 3.63) is 33.6 Å². The topological polar surface area (TPSA) is 101 Å². The summed E-state index contributed by atoms with van der Waals surface area (Å²) in [5, 5.41) is 13.9. The average Bonchev–Trinajstić information content (AvgIpc) is 2.41. The van der Waals surface area contributed by atoms with E-state index in [1.807, 2.05) is 0 Å². The summed E-state index contributed by atoms with van der Waals surface area (Å²) in [7, 11) is -3.99. The number of hydrogen-bond donors (Lipinski definition) is 2. The molecule has 0 amide bonds. The van der Waals surface area contributed by atoms with Crippen molar-refractivity contribution >= 4 is 28.1 Å². The van der Waals surface area contributed by atoms with Gasteiger partial charge < -0.3 is 5.32 Å². The highest BCUT2D eigenvalue weighted by atomic mass is 35.5. The summed E-state index contributed by atoms with van der Waals surface area (Å²) in [5.41, 5.74) is -0.726. The molecule has 1 unspecified atom stereocenters. The molecule has 1 heterocycles. The molecule has 0 aliphatic carbocycles. The van der Waals surface area contributed by atoms with Crippen LogP contribution >= 0.6 is 12.4 Å². The summed E-state index contributed by atoms with van der Waals surface area (Å²) in [5.74, 6) is -0.911. The lowest BCUT2D eigenvalue weighted by molar-refractivity contribution is -0.385. The van der Waals surface area contributed by atoms with Crippen LogP contribution in [0.4, 0.5) is 10.1 Å². The highest BCUT2D eigenvalue weighted by molar-refractivity contribution is 7.89. The number of rotatable bonds is 4. The standard InChI is InChI=1S/C12H16FN3O4S.ClH/c1-8-11(13)5-10(6-12(8)16(17)18)21(19,20)15-9-3-2-4-14-7-9;/h5-6,9,14-15H,2-4,7H2,1H3;1H. The van der Waals surface area contributed by atoms with E-state index in [1.165, 1.54) is 6.92 Å². The van der Waals surface area contributed by atoms with Gasteiger partial charge in [-0.15, -0.1) is 12.4 Å². The molecule has 0 saturated carbocycles. The SMILES string of the molecule is Cc1c(F)cc(S(=O)(=O)NC2CCCNC2)cc1[N+](=O)[O-].Cl. The fraction of sp³-hybridized carbons (Fsp3) is 0.500. The maximum Gasteiger partial charge on any atom is 0.276 e. The van der Waals surface area contributed by atoms with E-state index in [1.54, 1.807) is 0 Å². The van der Waals surface area contributed by atoms with Crippen molar-refractivity contribution in [2.24, 2.45) is 0 Å². The number of nitrogens with zero attached hydrogens (tertiary/aromatic N) is 1. The van der Waals surface area contributed by atoms with Crippen molar-refractivity contribution < 1.29 is 17.7 Å². The molecule has 1 atom stereocenters. The minimum atomic E-state index is -3.99. The fourth-order valence-corrected chi connectivity index (χ4v) is 3.53. The molecule has 10 heteroatoms. The lowest BCUT2D eigenvalue weighted by atomic mass is 10.1. The van der Waals surface area contributed by atoms with E-state index in [0.717, 1.165) is 25.1 Å². The van der Waals surface area contributed by atoms with Gasteiger partial charge in [0.05, 0.1) is 15.4 Å². The van der Waals surface area contributed by atoms with Gasteiger partial charge >= 0.3 is 0 Å². The number of benzene rings is 1. The van der Waals surface area contributed by atoms with Crippen molar-refractivity contribution in [1.82, 2.24) is 10.0 Å². The molecular weight excluding hydrogens is 337 g/mol. The molecule has 1 aromatic carbocycles. The summed E-state index contributed by atoms with van der Waals surface area (Å²) in [6, 6.07) is 1.39. The quantitative estimate of drug-likeness (QED) is 0.631. The Morgan fingerprint density at radius 3 is 2.68 bits per heavy atom. The molecule has 1 saturated heterocycles. The van der Waals surface area contributed by atoms with Crippen molar-refractivity contribution in [3.8, 4) is 0 Å². The molecule has 2 N–H and O–H groups in total. The predicted octanol–water partition coefficient (Wildman–Crippen LogP) is 1.49. The molecule has 124 valence electrons. The van der Waals surface area contributed by atoms with Crippen LogP contribution in [0, 0.1) is 22.9 Å². The number of hydrogen-bond acceptors (Lipinski definition) is 5. The molecule has 0 bridgehead atoms. The summed E-state index contributed by atoms with van der Waals surface area (Å²) in [4.78, 5) is 9.64. The molecule has 1 aliphatic rings. The van der Waals surface area contributed by atoms with Gasteiger partial charge in [-0.25, -0.2) is 17.5 Å². The lowest BCUT2D eigenvalue weighted by Crippen LogP contribution is -2.45. The maximum absolute atomic E-state index is 13.7. The van der Waals surface area contributed by atoms with E-state index in [-0.39, 0.29) is 24.0 Å². The Labute approximate surface area is 133 Å². The molecule has 1 aromatic rings. The zero-order valence-corrected chi connectivity index (χ0v) is 13.5. The van der Waals surface area contributed by atoms with Crippen molar-refractivity contribution in [2.45, 2.75) is 30.7 Å². The smallest absolute Gasteiger partial charge is 0.276 e. The Morgan fingerprint density at radius 2 is 2.14 bits per heavy atom. The van der Waals surface area contributed by atoms with Gasteiger partial charge in [-0.05, 0) is 32.4 Å². The zero-order valence-electron chi connectivity index (χ0n) is 11.8. The number of halogens is 2. The Kier molecular flexibility index (Phi) is 6.24. The van der Waals surface area contributed by atoms with Gasteiger partial charge in [0.15, 0.2) is 0 Å². The van der Waals surface area contributed by atoms with Crippen LogP contribution in [-0.2, 0) is 10.0 Å². The first-order chi connectivity index (χ1) is 9.81. The number of nitro benzene ring substituents is 1. The molecule has 1 fully saturated rings. The van der Waals surface area contributed by atoms with Gasteiger partial charge in [-0.1, -0.05) is 0 Å². The minimum Gasteiger partial charge on any atom is -0.315 e. The van der Waals surface area contributed by atoms with Crippen LogP contribution in [0.25, 0.3) is 0 Å². The van der Waals surface area contributed by atoms with Gasteiger partial charge in [0.1, 0.15) is 5.82 Å². The average molecular weight is 354 g/mol. The molecule has 0 aromatic heterocycles. The second kappa shape index (κ2) is 7.32. The molecule has 2 rings (SSSR count). The minimum absolute atomic E-state index is 0. The molecule has 22 heavy (non-hydrogen) atoms. The van der Waals surface area contributed by atoms with Crippen molar-refractivity contribution in [1.29, 1.82) is 0 Å². The van der Waals surface area contributed by atoms with Crippen molar-refractivity contribution in [3.63, 3.8) is 0 Å². The molecule has 0 spiro atoms. The predicted molar refractivity (Wildman–Crippen MR) is 81.3 cm³/mol. The van der Waals surface area contributed by atoms with Crippen LogP contribution in [0.5, 0.6) is 0 Å². The monoisotopic (exact) mass is 353 g/mol. The molecular formula is C12H17ClFN3O4S. The van der Waals surface area contributed by atoms with Crippen LogP contribution in [0.15, 0.2) is 17.0 Å². The highest BCUT2D eigenvalue weighted by Gasteiger charge is 2.26. The van der Waals surface area contributed by atoms with E-state index in [0.29, 0.717) is 13.0 Å². The summed E-state index contributed by atoms with van der Waals surface area (Å²) in [6.07, 6.45) is 1.50. The van der Waals surface area contributed by atoms with E-state index >= 15 is 0 Å². The number of sulfonamides is 1. The largest absolute Gasteiger partial charge is 0.315 e. The van der Waals surface area contributed by atoms with Crippen LogP contribution in [0.1, 0.15) is 18.4 Å². The normalized spacial score (nSPS) is 18.5. The van der Waals surface area contributed by atoms with Gasteiger partial charge in [0.2, 0.25) is 10.0 Å². The van der Waals surface area contributed by atoms with Gasteiger partial charge in [0.25, 0.3) is 5.69 Å². The van der Waals surface area contributed by atoms with Crippen LogP contribution < -0.4 is 10.0 Å². The summed E-state index contributed by atoms with van der Waals surface area (Å²) < 4.78 is 40.6. The van der Waals surface area contributed by atoms with E-state index < -0.39 is 31.3 Å². The van der Waals surface area contributed by atoms with Crippen LogP contribution in [-0.4, -0.2) is 32.5 Å². The fourth-order valence-electron chi connectivity index (χ4n) is 2.22. The lowest BCUT2D eigenvalue weighted by Gasteiger charge is -2.23. The second-order valence-corrected chi connectivity index (χ2v) is 6.68. The first kappa shape index (κ1) is 18.8. The van der Waals surface area contributed by atoms with E-state index in [2.05, 4.69) is 10.0 Å². The van der Waals surface area contributed by atoms with Crippen molar-refractivity contribution in [2.75, 3.05) is 13.1 Å². The summed E-state index contributed by atoms with van der Waals surface area (Å²) in [6.45, 7) is 2.54. The molecule has 0 radical (unpaired) electrons. The third-order valence-electron chi connectivity index (χ3n) is 3.42. The van der Waals surface area contributed by atoms with E-state index in [9.17, 15) is 22.9 Å². The Bertz CT molecular complexity index is 663. The highest BCUT2D eigenvalue weighted by Crippen LogP contribution is 2.25. The number of nitro groups is 1. The van der Waals surface area contributed by atoms with E-state index in [4.69, 9.17) is 0 Å². The number of piperidine rings is 1. The number of nitrogens with one attached hydrogen (secondary N) is 2. The maximum atomic E-state index is 13.7. The third-order valence-corrected chi connectivity index (χ3v) is 4.92. The van der Waals surface area contributed by atoms with Gasteiger partial charge in [-0.3, -0.25) is 10.1 Å². The third kappa shape index (κ3) is 4.13. The van der Waals surface area contributed by atoms with Crippen LogP contribution in [0.3, 0.4) is 0 Å². The van der Waals surface area contributed by atoms with Gasteiger partial charge in [-0.2, -0.15) is 0 Å². The van der Waals surface area contributed by atoms with Crippen LogP contribution in [0.2, 0.25) is 0 Å². The second-order valence-electron chi connectivity index (χ2n) is 4.97. The molecule has 1 aliphatic heterocycles. The Hall–Kier alpha value is -1.29.